The van der Waals surface area contributed by atoms with Gasteiger partial charge in [0, 0.05) is 38.0 Å². The molecule has 10 heteroatoms. The van der Waals surface area contributed by atoms with Gasteiger partial charge in [0.05, 0.1) is 17.6 Å². The number of rotatable bonds is 7. The van der Waals surface area contributed by atoms with E-state index in [1.807, 2.05) is 0 Å². The number of hydrogen-bond acceptors (Lipinski definition) is 9. The molecule has 12 fully saturated rings. The summed E-state index contributed by atoms with van der Waals surface area (Å²) in [5, 5.41) is 30.8. The fourth-order valence-corrected chi connectivity index (χ4v) is 24.7. The molecule has 0 spiro atoms. The monoisotopic (exact) mass is 1110 g/mol. The van der Waals surface area contributed by atoms with Crippen molar-refractivity contribution in [3.8, 4) is 0 Å². The van der Waals surface area contributed by atoms with Gasteiger partial charge in [0.15, 0.2) is 0 Å². The Hall–Kier alpha value is -2.33. The second-order valence-corrected chi connectivity index (χ2v) is 32.4. The van der Waals surface area contributed by atoms with Gasteiger partial charge in [0.1, 0.15) is 23.8 Å². The van der Waals surface area contributed by atoms with Gasteiger partial charge in [-0.3, -0.25) is 24.0 Å². The second kappa shape index (κ2) is 22.5. The van der Waals surface area contributed by atoms with Crippen LogP contribution in [0.25, 0.3) is 0 Å². The number of fused-ring (bicyclic) bond motifs is 15. The minimum absolute atomic E-state index is 0.0591. The van der Waals surface area contributed by atoms with Crippen molar-refractivity contribution in [1.82, 2.24) is 0 Å². The van der Waals surface area contributed by atoms with Gasteiger partial charge in [-0.1, -0.05) is 68.2 Å². The molecular weight excluding hydrogens is 1000 g/mol. The lowest BCUT2D eigenvalue weighted by atomic mass is 9.43. The minimum atomic E-state index is -0.707. The predicted octanol–water partition coefficient (Wildman–Crippen LogP) is 14.7. The summed E-state index contributed by atoms with van der Waals surface area (Å²) in [6.07, 6.45) is 28.0. The van der Waals surface area contributed by atoms with Crippen LogP contribution >= 0.6 is 0 Å². The van der Waals surface area contributed by atoms with Crippen LogP contribution in [0.2, 0.25) is 0 Å². The van der Waals surface area contributed by atoms with Crippen molar-refractivity contribution in [2.24, 2.45) is 133 Å². The fourth-order valence-electron chi connectivity index (χ4n) is 24.7. The van der Waals surface area contributed by atoms with Crippen LogP contribution in [0, 0.1) is 133 Å². The number of carbonyl (C=O) groups is 5. The van der Waals surface area contributed by atoms with E-state index < -0.39 is 11.4 Å². The first-order chi connectivity index (χ1) is 37.6. The highest BCUT2D eigenvalue weighted by Gasteiger charge is 2.68. The molecule has 0 amide bonds. The van der Waals surface area contributed by atoms with Gasteiger partial charge in [-0.25, -0.2) is 0 Å². The van der Waals surface area contributed by atoms with Crippen molar-refractivity contribution in [1.29, 1.82) is 0 Å². The maximum atomic E-state index is 12.8. The number of hydrogen-bond donors (Lipinski definition) is 3. The summed E-state index contributed by atoms with van der Waals surface area (Å²) in [7, 11) is 0. The molecule has 12 saturated carbocycles. The Morgan fingerprint density at radius 2 is 1.01 bits per heavy atom. The molecule has 12 aliphatic rings. The maximum Gasteiger partial charge on any atom is 0.303 e. The molecule has 0 aromatic rings. The molecule has 0 aromatic carbocycles. The van der Waals surface area contributed by atoms with E-state index >= 15 is 0 Å². The molecular formula is C70H112O10. The lowest BCUT2D eigenvalue weighted by Gasteiger charge is -2.62. The largest absolute Gasteiger partial charge is 0.481 e. The molecule has 0 saturated heterocycles. The summed E-state index contributed by atoms with van der Waals surface area (Å²) in [5.74, 6) is 9.76. The van der Waals surface area contributed by atoms with Gasteiger partial charge in [-0.15, -0.1) is 0 Å². The van der Waals surface area contributed by atoms with Crippen molar-refractivity contribution in [3.05, 3.63) is 0 Å². The third-order valence-electron chi connectivity index (χ3n) is 29.1. The first-order valence-electron chi connectivity index (χ1n) is 33.6. The number of carboxylic acids is 1. The molecule has 3 N–H and O–H groups in total. The first-order valence-corrected chi connectivity index (χ1v) is 33.6. The van der Waals surface area contributed by atoms with E-state index in [1.54, 1.807) is 6.92 Å². The van der Waals surface area contributed by atoms with Crippen molar-refractivity contribution in [2.75, 3.05) is 0 Å². The number of aliphatic carboxylic acids is 1. The summed E-state index contributed by atoms with van der Waals surface area (Å²) >= 11 is 0. The van der Waals surface area contributed by atoms with E-state index in [4.69, 9.17) is 14.6 Å². The standard InChI is InChI=1S/C24H40O4.C24H38O3.C22H34O3/c1-14(4-9-22(27)28)18-7-8-19-17-6-5-15-12-16(25)10-11-23(15,2)20(17)13-21(26)24(18,19)3;1-14-10-11-23(4)17(12-14)6-7-18-20-9-8-19(15(2)25)24(20,5)22(13-21(18)23)27-16(3)26;1-13-9-10-21(3)15(11-13)5-6-16-17-7-8-19(24)22(17,4)20(12-18(16)21)25-14(2)23/h14-21,25-26H,4-13H2,1-3H3,(H,27,28);14,17-22H,6-13H2,1-5H3;13,15-18,20H,5-12H2,1-4H3/t14-,15-,16-,17?,18?,19?,20?,21+,23+,24-;14-,17-,18?,19?,20?,21?,22+,23+,24-;13-,15-,16?,17?,18?,20+,21+,22+/m111/s1. The molecule has 0 aliphatic heterocycles. The highest BCUT2D eigenvalue weighted by Crippen LogP contribution is 2.71. The molecule has 11 unspecified atom stereocenters. The molecule has 27 atom stereocenters. The molecule has 12 aliphatic carbocycles. The van der Waals surface area contributed by atoms with Crippen LogP contribution in [0.5, 0.6) is 0 Å². The zero-order valence-electron chi connectivity index (χ0n) is 52.2. The lowest BCUT2D eigenvalue weighted by Crippen LogP contribution is -2.59. The topological polar surface area (TPSA) is 164 Å². The van der Waals surface area contributed by atoms with E-state index in [9.17, 15) is 34.2 Å². The van der Waals surface area contributed by atoms with Gasteiger partial charge in [0.25, 0.3) is 0 Å². The van der Waals surface area contributed by atoms with Crippen LogP contribution in [0.15, 0.2) is 0 Å². The van der Waals surface area contributed by atoms with Gasteiger partial charge in [-0.05, 0) is 271 Å². The summed E-state index contributed by atoms with van der Waals surface area (Å²) in [6.45, 7) is 26.0. The quantitative estimate of drug-likeness (QED) is 0.209. The molecule has 10 nitrogen and oxygen atoms in total. The van der Waals surface area contributed by atoms with E-state index in [-0.39, 0.29) is 64.9 Å². The second-order valence-electron chi connectivity index (χ2n) is 32.4. The number of ketones is 2. The highest BCUT2D eigenvalue weighted by molar-refractivity contribution is 5.88. The SMILES string of the molecule is CC(=O)O[C@H]1CC2C(CC[C@@H]3C[C@H](C)CC[C@]23C)C2CCC(=O)[C@]21C.CC(=O)O[C@H]1CC2C(CC[C@@H]3C[C@H](C)CC[C@]23C)C2CCC(C(C)=O)[C@]21C.C[C@H](CCC(=O)O)C1CCC2C3CC[C@@H]4C[C@H](O)CC[C@]4(C)C3C[C@H](O)[C@@]21C. The Morgan fingerprint density at radius 1 is 0.537 bits per heavy atom. The Labute approximate surface area is 483 Å². The number of carboxylic acid groups (broad SMARTS) is 1. The average Bonchev–Trinajstić information content (AvgIpc) is 4.03. The maximum absolute atomic E-state index is 12.8. The number of aliphatic hydroxyl groups is 2. The van der Waals surface area contributed by atoms with Crippen molar-refractivity contribution < 1.29 is 48.8 Å². The van der Waals surface area contributed by atoms with Crippen LogP contribution in [0.3, 0.4) is 0 Å². The van der Waals surface area contributed by atoms with Crippen molar-refractivity contribution in [2.45, 2.75) is 274 Å². The van der Waals surface area contributed by atoms with Crippen LogP contribution in [0.4, 0.5) is 0 Å². The smallest absolute Gasteiger partial charge is 0.303 e. The Balaban J connectivity index is 0.000000135. The number of ether oxygens (including phenoxy) is 2. The zero-order chi connectivity index (χ0) is 57.8. The number of aliphatic hydroxyl groups excluding tert-OH is 2. The van der Waals surface area contributed by atoms with Crippen LogP contribution in [0.1, 0.15) is 250 Å². The van der Waals surface area contributed by atoms with Crippen LogP contribution < -0.4 is 0 Å². The molecule has 0 radical (unpaired) electrons. The van der Waals surface area contributed by atoms with Gasteiger partial charge < -0.3 is 24.8 Å². The van der Waals surface area contributed by atoms with E-state index in [1.165, 1.54) is 97.3 Å². The van der Waals surface area contributed by atoms with Crippen molar-refractivity contribution in [3.63, 3.8) is 0 Å². The Morgan fingerprint density at radius 3 is 1.55 bits per heavy atom. The van der Waals surface area contributed by atoms with Gasteiger partial charge >= 0.3 is 17.9 Å². The summed E-state index contributed by atoms with van der Waals surface area (Å²) in [5.41, 5.74) is 0.389. The molecule has 0 aromatic heterocycles. The average molecular weight is 1110 g/mol. The zero-order valence-corrected chi connectivity index (χ0v) is 52.2. The highest BCUT2D eigenvalue weighted by atomic mass is 16.5. The van der Waals surface area contributed by atoms with E-state index in [0.29, 0.717) is 99.8 Å². The van der Waals surface area contributed by atoms with Crippen LogP contribution in [-0.2, 0) is 33.4 Å². The minimum Gasteiger partial charge on any atom is -0.481 e. The number of Topliss-reactive ketones (excluding diaryl/α,β-unsaturated/α-hetero) is 2. The third-order valence-corrected chi connectivity index (χ3v) is 29.1. The molecule has 0 bridgehead atoms. The summed E-state index contributed by atoms with van der Waals surface area (Å²) in [6, 6.07) is 0. The fraction of sp³-hybridized carbons (Fsp3) is 0.929. The Kier molecular flexibility index (Phi) is 17.1. The normalized spacial score (nSPS) is 51.8. The number of carbonyl (C=O) groups excluding carboxylic acids is 4. The van der Waals surface area contributed by atoms with Gasteiger partial charge in [-0.2, -0.15) is 0 Å². The van der Waals surface area contributed by atoms with E-state index in [2.05, 4.69) is 62.3 Å². The number of esters is 2. The van der Waals surface area contributed by atoms with Crippen molar-refractivity contribution >= 4 is 29.5 Å². The predicted molar refractivity (Wildman–Crippen MR) is 311 cm³/mol. The summed E-state index contributed by atoms with van der Waals surface area (Å²) < 4.78 is 11.8. The summed E-state index contributed by atoms with van der Waals surface area (Å²) in [4.78, 5) is 60.1. The molecule has 80 heavy (non-hydrogen) atoms. The van der Waals surface area contributed by atoms with Crippen LogP contribution in [-0.4, -0.2) is 69.2 Å². The molecule has 452 valence electrons. The first kappa shape index (κ1) is 60.8. The lowest BCUT2D eigenvalue weighted by molar-refractivity contribution is -0.192. The Bertz CT molecular complexity index is 2310. The molecule has 0 heterocycles. The van der Waals surface area contributed by atoms with Gasteiger partial charge in [0.2, 0.25) is 0 Å². The third kappa shape index (κ3) is 10.1. The van der Waals surface area contributed by atoms with E-state index in [0.717, 1.165) is 94.3 Å². The molecule has 12 rings (SSSR count).